The third-order valence-electron chi connectivity index (χ3n) is 2.15. The van der Waals surface area contributed by atoms with E-state index in [1.807, 2.05) is 6.92 Å². The normalized spacial score (nSPS) is 20.4. The van der Waals surface area contributed by atoms with Gasteiger partial charge in [-0.05, 0) is 18.6 Å². The third-order valence-corrected chi connectivity index (χ3v) is 2.15. The van der Waals surface area contributed by atoms with Gasteiger partial charge < -0.3 is 9.84 Å². The van der Waals surface area contributed by atoms with E-state index in [1.165, 1.54) is 6.07 Å². The van der Waals surface area contributed by atoms with Crippen LogP contribution >= 0.6 is 0 Å². The summed E-state index contributed by atoms with van der Waals surface area (Å²) in [4.78, 5) is 11.2. The molecule has 1 atom stereocenters. The Morgan fingerprint density at radius 2 is 2.36 bits per heavy atom. The topological polar surface area (TPSA) is 58.6 Å². The lowest BCUT2D eigenvalue weighted by atomic mass is 10.1. The lowest BCUT2D eigenvalue weighted by Crippen LogP contribution is -2.17. The molecule has 0 aliphatic carbocycles. The Morgan fingerprint density at radius 3 is 3.14 bits per heavy atom. The molecule has 0 spiro atoms. The number of nitrogens with one attached hydrogen (secondary N) is 1. The minimum atomic E-state index is -0.471. The molecule has 0 saturated heterocycles. The van der Waals surface area contributed by atoms with E-state index in [-0.39, 0.29) is 11.9 Å². The van der Waals surface area contributed by atoms with E-state index in [9.17, 15) is 9.90 Å². The van der Waals surface area contributed by atoms with E-state index in [2.05, 4.69) is 5.32 Å². The molecule has 0 fully saturated rings. The Hall–Kier alpha value is -1.71. The van der Waals surface area contributed by atoms with Gasteiger partial charge in [-0.25, -0.2) is 4.79 Å². The second-order valence-electron chi connectivity index (χ2n) is 3.39. The second kappa shape index (κ2) is 3.21. The van der Waals surface area contributed by atoms with E-state index < -0.39 is 6.09 Å². The molecule has 1 unspecified atom stereocenters. The van der Waals surface area contributed by atoms with Gasteiger partial charge in [0.1, 0.15) is 11.9 Å². The molecule has 0 bridgehead atoms. The molecule has 0 radical (unpaired) electrons. The molecule has 1 aromatic carbocycles. The molecule has 1 aromatic rings. The van der Waals surface area contributed by atoms with Crippen LogP contribution in [0.3, 0.4) is 0 Å². The molecule has 4 nitrogen and oxygen atoms in total. The fourth-order valence-electron chi connectivity index (χ4n) is 1.53. The van der Waals surface area contributed by atoms with Crippen molar-refractivity contribution in [3.05, 3.63) is 23.8 Å². The summed E-state index contributed by atoms with van der Waals surface area (Å²) in [6.07, 6.45) is 0.0524. The lowest BCUT2D eigenvalue weighted by molar-refractivity contribution is 0.123. The molecular weight excluding hydrogens is 182 g/mol. The number of phenols is 1. The van der Waals surface area contributed by atoms with Crippen LogP contribution in [0.2, 0.25) is 0 Å². The number of carbonyl (C=O) groups is 1. The van der Waals surface area contributed by atoms with Crippen LogP contribution in [-0.4, -0.2) is 17.3 Å². The van der Waals surface area contributed by atoms with Crippen molar-refractivity contribution in [3.63, 3.8) is 0 Å². The van der Waals surface area contributed by atoms with Gasteiger partial charge in [0.05, 0.1) is 5.69 Å². The molecular formula is C10H11NO3. The Kier molecular flexibility index (Phi) is 2.04. The summed E-state index contributed by atoms with van der Waals surface area (Å²) >= 11 is 0. The number of carbonyl (C=O) groups excluding carboxylic acids is 1. The van der Waals surface area contributed by atoms with Crippen LogP contribution in [0.4, 0.5) is 10.5 Å². The van der Waals surface area contributed by atoms with Gasteiger partial charge in [0.25, 0.3) is 0 Å². The molecule has 0 saturated carbocycles. The van der Waals surface area contributed by atoms with Crippen LogP contribution in [0.5, 0.6) is 5.75 Å². The monoisotopic (exact) mass is 193 g/mol. The molecule has 1 aliphatic rings. The highest BCUT2D eigenvalue weighted by molar-refractivity contribution is 5.86. The predicted molar refractivity (Wildman–Crippen MR) is 51.4 cm³/mol. The molecule has 2 rings (SSSR count). The van der Waals surface area contributed by atoms with Crippen molar-refractivity contribution in [2.24, 2.45) is 0 Å². The highest BCUT2D eigenvalue weighted by Gasteiger charge is 2.18. The number of benzene rings is 1. The van der Waals surface area contributed by atoms with Crippen molar-refractivity contribution in [1.29, 1.82) is 0 Å². The average molecular weight is 193 g/mol. The number of fused-ring (bicyclic) bond motifs is 1. The molecule has 2 N–H and O–H groups in total. The largest absolute Gasteiger partial charge is 0.508 e. The maximum absolute atomic E-state index is 11.2. The zero-order valence-corrected chi connectivity index (χ0v) is 7.78. The first-order valence-corrected chi connectivity index (χ1v) is 4.44. The van der Waals surface area contributed by atoms with Gasteiger partial charge in [-0.1, -0.05) is 6.07 Å². The maximum atomic E-state index is 11.2. The quantitative estimate of drug-likeness (QED) is 0.661. The summed E-state index contributed by atoms with van der Waals surface area (Å²) < 4.78 is 5.00. The van der Waals surface area contributed by atoms with Crippen molar-refractivity contribution in [3.8, 4) is 5.75 Å². The smallest absolute Gasteiger partial charge is 0.411 e. The Bertz CT molecular complexity index is 376. The highest BCUT2D eigenvalue weighted by Crippen LogP contribution is 2.25. The molecule has 74 valence electrons. The van der Waals surface area contributed by atoms with Crippen molar-refractivity contribution in [2.75, 3.05) is 5.32 Å². The van der Waals surface area contributed by atoms with E-state index in [1.54, 1.807) is 12.1 Å². The van der Waals surface area contributed by atoms with Crippen LogP contribution in [0.15, 0.2) is 18.2 Å². The number of cyclic esters (lactones) is 1. The number of hydrogen-bond donors (Lipinski definition) is 2. The van der Waals surface area contributed by atoms with Crippen molar-refractivity contribution >= 4 is 11.8 Å². The van der Waals surface area contributed by atoms with Crippen LogP contribution < -0.4 is 5.32 Å². The summed E-state index contributed by atoms with van der Waals surface area (Å²) in [5.74, 6) is 0.138. The summed E-state index contributed by atoms with van der Waals surface area (Å²) in [7, 11) is 0. The first-order valence-electron chi connectivity index (χ1n) is 4.44. The fraction of sp³-hybridized carbons (Fsp3) is 0.300. The van der Waals surface area contributed by atoms with E-state index in [4.69, 9.17) is 4.74 Å². The molecule has 1 heterocycles. The maximum Gasteiger partial charge on any atom is 0.411 e. The number of ether oxygens (including phenoxy) is 1. The highest BCUT2D eigenvalue weighted by atomic mass is 16.6. The molecule has 1 amide bonds. The van der Waals surface area contributed by atoms with Crippen molar-refractivity contribution < 1.29 is 14.6 Å². The summed E-state index contributed by atoms with van der Waals surface area (Å²) in [6.45, 7) is 1.83. The zero-order valence-electron chi connectivity index (χ0n) is 7.78. The number of phenolic OH excluding ortho intramolecular Hbond substituents is 1. The van der Waals surface area contributed by atoms with Gasteiger partial charge in [0, 0.05) is 12.5 Å². The van der Waals surface area contributed by atoms with Crippen LogP contribution in [0.1, 0.15) is 12.5 Å². The third kappa shape index (κ3) is 1.64. The molecule has 14 heavy (non-hydrogen) atoms. The van der Waals surface area contributed by atoms with Crippen LogP contribution in [0.25, 0.3) is 0 Å². The number of hydrogen-bond acceptors (Lipinski definition) is 3. The van der Waals surface area contributed by atoms with Gasteiger partial charge in [-0.15, -0.1) is 0 Å². The van der Waals surface area contributed by atoms with E-state index in [0.717, 1.165) is 5.56 Å². The van der Waals surface area contributed by atoms with Crippen molar-refractivity contribution in [2.45, 2.75) is 19.4 Å². The van der Waals surface area contributed by atoms with Gasteiger partial charge in [0.15, 0.2) is 0 Å². The number of amides is 1. The first kappa shape index (κ1) is 8.87. The standard InChI is InChI=1S/C10H11NO3/c1-6-4-7-2-3-8(12)5-9(7)11-10(13)14-6/h2-3,5-6,12H,4H2,1H3,(H,11,13). The minimum Gasteiger partial charge on any atom is -0.508 e. The van der Waals surface area contributed by atoms with Crippen LogP contribution in [0, 0.1) is 0 Å². The summed E-state index contributed by atoms with van der Waals surface area (Å²) in [5, 5.41) is 11.8. The Morgan fingerprint density at radius 1 is 1.57 bits per heavy atom. The van der Waals surface area contributed by atoms with Gasteiger partial charge in [-0.2, -0.15) is 0 Å². The molecule has 1 aliphatic heterocycles. The SMILES string of the molecule is CC1Cc2ccc(O)cc2NC(=O)O1. The molecule has 0 aromatic heterocycles. The number of anilines is 1. The second-order valence-corrected chi connectivity index (χ2v) is 3.39. The predicted octanol–water partition coefficient (Wildman–Crippen LogP) is 1.89. The summed E-state index contributed by atoms with van der Waals surface area (Å²) in [6, 6.07) is 4.91. The van der Waals surface area contributed by atoms with Crippen LogP contribution in [-0.2, 0) is 11.2 Å². The van der Waals surface area contributed by atoms with E-state index >= 15 is 0 Å². The fourth-order valence-corrected chi connectivity index (χ4v) is 1.53. The lowest BCUT2D eigenvalue weighted by Gasteiger charge is -2.07. The number of rotatable bonds is 0. The first-order chi connectivity index (χ1) is 6.65. The number of aromatic hydroxyl groups is 1. The van der Waals surface area contributed by atoms with Gasteiger partial charge in [-0.3, -0.25) is 5.32 Å². The minimum absolute atomic E-state index is 0.138. The van der Waals surface area contributed by atoms with Gasteiger partial charge in [0.2, 0.25) is 0 Å². The molecule has 4 heteroatoms. The Labute approximate surface area is 81.5 Å². The summed E-state index contributed by atoms with van der Waals surface area (Å²) in [5.41, 5.74) is 1.60. The average Bonchev–Trinajstić information content (AvgIpc) is 2.21. The van der Waals surface area contributed by atoms with E-state index in [0.29, 0.717) is 12.1 Å². The zero-order chi connectivity index (χ0) is 10.1. The van der Waals surface area contributed by atoms with Crippen molar-refractivity contribution in [1.82, 2.24) is 0 Å². The van der Waals surface area contributed by atoms with Gasteiger partial charge >= 0.3 is 6.09 Å². The Balaban J connectivity index is 2.41.